The van der Waals surface area contributed by atoms with E-state index in [1.165, 1.54) is 0 Å². The van der Waals surface area contributed by atoms with Crippen LogP contribution in [-0.4, -0.2) is 29.8 Å². The highest BCUT2D eigenvalue weighted by molar-refractivity contribution is 6.33. The third-order valence-corrected chi connectivity index (χ3v) is 2.61. The minimum atomic E-state index is -0.661. The molecule has 2 aromatic rings. The lowest BCUT2D eigenvalue weighted by Gasteiger charge is -2.02. The van der Waals surface area contributed by atoms with E-state index in [2.05, 4.69) is 10.1 Å². The Hall–Kier alpha value is -2.08. The van der Waals surface area contributed by atoms with Crippen LogP contribution in [0, 0.1) is 0 Å². The van der Waals surface area contributed by atoms with Gasteiger partial charge in [0.2, 0.25) is 5.82 Å². The largest absolute Gasteiger partial charge is 0.497 e. The van der Waals surface area contributed by atoms with Crippen molar-refractivity contribution in [3.8, 4) is 17.1 Å². The molecule has 0 radical (unpaired) electrons. The monoisotopic (exact) mass is 282 g/mol. The maximum Gasteiger partial charge on any atom is 0.397 e. The number of benzene rings is 1. The molecule has 0 aliphatic carbocycles. The molecule has 0 bridgehead atoms. The van der Waals surface area contributed by atoms with Crippen molar-refractivity contribution in [1.29, 1.82) is 0 Å². The van der Waals surface area contributed by atoms with Crippen LogP contribution < -0.4 is 4.74 Å². The second-order valence-corrected chi connectivity index (χ2v) is 3.90. The number of aromatic nitrogens is 2. The van der Waals surface area contributed by atoms with Crippen molar-refractivity contribution in [3.05, 3.63) is 29.1 Å². The third-order valence-electron chi connectivity index (χ3n) is 2.29. The average molecular weight is 283 g/mol. The van der Waals surface area contributed by atoms with Crippen LogP contribution in [0.15, 0.2) is 22.7 Å². The van der Waals surface area contributed by atoms with Crippen molar-refractivity contribution in [2.75, 3.05) is 13.7 Å². The topological polar surface area (TPSA) is 74.5 Å². The molecule has 0 aliphatic heterocycles. The first-order chi connectivity index (χ1) is 9.15. The Labute approximate surface area is 114 Å². The fourth-order valence-corrected chi connectivity index (χ4v) is 1.67. The Balaban J connectivity index is 2.30. The standard InChI is InChI=1S/C12H11ClN2O4/c1-3-18-12(16)11-14-10(15-19-11)8-5-4-7(17-2)6-9(8)13/h4-6H,3H2,1-2H3. The van der Waals surface area contributed by atoms with Gasteiger partial charge in [-0.25, -0.2) is 4.79 Å². The molecule has 1 aromatic carbocycles. The first kappa shape index (κ1) is 13.4. The number of methoxy groups -OCH3 is 1. The van der Waals surface area contributed by atoms with E-state index < -0.39 is 5.97 Å². The van der Waals surface area contributed by atoms with Crippen LogP contribution in [0.25, 0.3) is 11.4 Å². The van der Waals surface area contributed by atoms with Crippen molar-refractivity contribution < 1.29 is 18.8 Å². The lowest BCUT2D eigenvalue weighted by Crippen LogP contribution is -2.04. The summed E-state index contributed by atoms with van der Waals surface area (Å²) in [6, 6.07) is 5.01. The van der Waals surface area contributed by atoms with E-state index >= 15 is 0 Å². The predicted octanol–water partition coefficient (Wildman–Crippen LogP) is 2.58. The summed E-state index contributed by atoms with van der Waals surface area (Å²) in [5, 5.41) is 4.09. The number of rotatable bonds is 4. The molecule has 1 aromatic heterocycles. The Morgan fingerprint density at radius 2 is 2.26 bits per heavy atom. The fraction of sp³-hybridized carbons (Fsp3) is 0.250. The molecule has 2 rings (SSSR count). The summed E-state index contributed by atoms with van der Waals surface area (Å²) in [5.74, 6) is -0.0341. The van der Waals surface area contributed by atoms with E-state index in [-0.39, 0.29) is 18.3 Å². The molecule has 0 amide bonds. The highest BCUT2D eigenvalue weighted by Crippen LogP contribution is 2.29. The van der Waals surface area contributed by atoms with Crippen LogP contribution in [0.4, 0.5) is 0 Å². The summed E-state index contributed by atoms with van der Waals surface area (Å²) in [4.78, 5) is 15.3. The fourth-order valence-electron chi connectivity index (χ4n) is 1.41. The number of ether oxygens (including phenoxy) is 2. The SMILES string of the molecule is CCOC(=O)c1nc(-c2ccc(OC)cc2Cl)no1. The highest BCUT2D eigenvalue weighted by atomic mass is 35.5. The summed E-state index contributed by atoms with van der Waals surface area (Å²) < 4.78 is 14.6. The number of esters is 1. The van der Waals surface area contributed by atoms with E-state index in [0.717, 1.165) is 0 Å². The van der Waals surface area contributed by atoms with E-state index in [1.807, 2.05) is 0 Å². The van der Waals surface area contributed by atoms with Crippen LogP contribution >= 0.6 is 11.6 Å². The molecular formula is C12H11ClN2O4. The number of halogens is 1. The predicted molar refractivity (Wildman–Crippen MR) is 67.3 cm³/mol. The maximum absolute atomic E-state index is 11.4. The lowest BCUT2D eigenvalue weighted by atomic mass is 10.2. The Kier molecular flexibility index (Phi) is 4.01. The van der Waals surface area contributed by atoms with Gasteiger partial charge in [0.05, 0.1) is 18.7 Å². The molecule has 0 saturated heterocycles. The maximum atomic E-state index is 11.4. The van der Waals surface area contributed by atoms with Gasteiger partial charge in [-0.3, -0.25) is 0 Å². The molecule has 1 heterocycles. The summed E-state index contributed by atoms with van der Waals surface area (Å²) in [6.45, 7) is 1.93. The smallest absolute Gasteiger partial charge is 0.397 e. The van der Waals surface area contributed by atoms with E-state index in [4.69, 9.17) is 25.6 Å². The Morgan fingerprint density at radius 1 is 1.47 bits per heavy atom. The molecule has 0 saturated carbocycles. The van der Waals surface area contributed by atoms with Crippen LogP contribution in [-0.2, 0) is 4.74 Å². The van der Waals surface area contributed by atoms with Gasteiger partial charge < -0.3 is 14.0 Å². The molecular weight excluding hydrogens is 272 g/mol. The quantitative estimate of drug-likeness (QED) is 0.802. The van der Waals surface area contributed by atoms with Gasteiger partial charge in [0, 0.05) is 5.56 Å². The zero-order valence-electron chi connectivity index (χ0n) is 10.3. The number of nitrogens with zero attached hydrogens (tertiary/aromatic N) is 2. The first-order valence-electron chi connectivity index (χ1n) is 5.50. The molecule has 19 heavy (non-hydrogen) atoms. The minimum absolute atomic E-state index is 0.205. The molecule has 0 N–H and O–H groups in total. The number of hydrogen-bond acceptors (Lipinski definition) is 6. The van der Waals surface area contributed by atoms with E-state index in [1.54, 1.807) is 32.2 Å². The van der Waals surface area contributed by atoms with Crippen molar-refractivity contribution in [2.45, 2.75) is 6.92 Å². The van der Waals surface area contributed by atoms with E-state index in [9.17, 15) is 4.79 Å². The molecule has 0 unspecified atom stereocenters. The van der Waals surface area contributed by atoms with Crippen LogP contribution in [0.3, 0.4) is 0 Å². The number of carbonyl (C=O) groups excluding carboxylic acids is 1. The molecule has 6 nitrogen and oxygen atoms in total. The van der Waals surface area contributed by atoms with Gasteiger partial charge in [0.15, 0.2) is 0 Å². The normalized spacial score (nSPS) is 10.3. The molecule has 0 atom stereocenters. The number of carbonyl (C=O) groups is 1. The summed E-state index contributed by atoms with van der Waals surface area (Å²) in [6.07, 6.45) is 0. The van der Waals surface area contributed by atoms with Gasteiger partial charge in [-0.05, 0) is 25.1 Å². The van der Waals surface area contributed by atoms with Crippen molar-refractivity contribution in [3.63, 3.8) is 0 Å². The third kappa shape index (κ3) is 2.85. The first-order valence-corrected chi connectivity index (χ1v) is 5.88. The van der Waals surface area contributed by atoms with E-state index in [0.29, 0.717) is 16.3 Å². The molecule has 7 heteroatoms. The van der Waals surface area contributed by atoms with Gasteiger partial charge in [-0.1, -0.05) is 16.8 Å². The summed E-state index contributed by atoms with van der Waals surface area (Å²) in [7, 11) is 1.54. The van der Waals surface area contributed by atoms with Crippen LogP contribution in [0.5, 0.6) is 5.75 Å². The van der Waals surface area contributed by atoms with Crippen LogP contribution in [0.2, 0.25) is 5.02 Å². The van der Waals surface area contributed by atoms with Gasteiger partial charge in [0.1, 0.15) is 5.75 Å². The summed E-state index contributed by atoms with van der Waals surface area (Å²) >= 11 is 6.07. The zero-order chi connectivity index (χ0) is 13.8. The molecule has 0 spiro atoms. The van der Waals surface area contributed by atoms with Gasteiger partial charge in [0.25, 0.3) is 0 Å². The highest BCUT2D eigenvalue weighted by Gasteiger charge is 2.18. The molecule has 0 fully saturated rings. The molecule has 0 aliphatic rings. The summed E-state index contributed by atoms with van der Waals surface area (Å²) in [5.41, 5.74) is 0.543. The van der Waals surface area contributed by atoms with Crippen molar-refractivity contribution in [1.82, 2.24) is 10.1 Å². The van der Waals surface area contributed by atoms with Gasteiger partial charge >= 0.3 is 11.9 Å². The average Bonchev–Trinajstić information content (AvgIpc) is 2.88. The Bertz CT molecular complexity index is 597. The second kappa shape index (κ2) is 5.71. The Morgan fingerprint density at radius 3 is 2.89 bits per heavy atom. The van der Waals surface area contributed by atoms with Crippen LogP contribution in [0.1, 0.15) is 17.6 Å². The second-order valence-electron chi connectivity index (χ2n) is 3.49. The molecule has 100 valence electrons. The lowest BCUT2D eigenvalue weighted by molar-refractivity contribution is 0.0470. The van der Waals surface area contributed by atoms with Gasteiger partial charge in [-0.15, -0.1) is 0 Å². The number of hydrogen-bond donors (Lipinski definition) is 0. The van der Waals surface area contributed by atoms with Crippen molar-refractivity contribution in [2.24, 2.45) is 0 Å². The van der Waals surface area contributed by atoms with Gasteiger partial charge in [-0.2, -0.15) is 4.98 Å². The zero-order valence-corrected chi connectivity index (χ0v) is 11.1. The van der Waals surface area contributed by atoms with Crippen molar-refractivity contribution >= 4 is 17.6 Å². The minimum Gasteiger partial charge on any atom is -0.497 e.